The van der Waals surface area contributed by atoms with E-state index in [0.29, 0.717) is 6.29 Å². The first-order valence-electron chi connectivity index (χ1n) is 5.45. The highest BCUT2D eigenvalue weighted by Crippen LogP contribution is 2.38. The van der Waals surface area contributed by atoms with Gasteiger partial charge in [-0.25, -0.2) is 4.39 Å². The van der Waals surface area contributed by atoms with E-state index in [9.17, 15) is 22.4 Å². The van der Waals surface area contributed by atoms with Gasteiger partial charge in [0.25, 0.3) is 0 Å². The highest BCUT2D eigenvalue weighted by atomic mass is 35.5. The molecule has 0 spiro atoms. The van der Waals surface area contributed by atoms with Crippen LogP contribution in [0.3, 0.4) is 0 Å². The van der Waals surface area contributed by atoms with E-state index in [1.807, 2.05) is 0 Å². The van der Waals surface area contributed by atoms with Crippen molar-refractivity contribution >= 4 is 17.9 Å². The van der Waals surface area contributed by atoms with Crippen LogP contribution in [0.4, 0.5) is 17.6 Å². The molecule has 0 aromatic heterocycles. The molecule has 0 amide bonds. The zero-order chi connectivity index (χ0) is 14.9. The van der Waals surface area contributed by atoms with E-state index >= 15 is 0 Å². The molecule has 2 aromatic carbocycles. The van der Waals surface area contributed by atoms with E-state index in [-0.39, 0.29) is 21.7 Å². The topological polar surface area (TPSA) is 17.1 Å². The lowest BCUT2D eigenvalue weighted by molar-refractivity contribution is -0.137. The van der Waals surface area contributed by atoms with Crippen molar-refractivity contribution in [3.63, 3.8) is 0 Å². The van der Waals surface area contributed by atoms with Gasteiger partial charge in [-0.15, -0.1) is 0 Å². The monoisotopic (exact) mass is 302 g/mol. The Morgan fingerprint density at radius 3 is 2.30 bits per heavy atom. The van der Waals surface area contributed by atoms with Crippen molar-refractivity contribution in [3.8, 4) is 11.1 Å². The molecule has 0 N–H and O–H groups in total. The quantitative estimate of drug-likeness (QED) is 0.565. The van der Waals surface area contributed by atoms with Crippen LogP contribution in [0.2, 0.25) is 5.02 Å². The Balaban J connectivity index is 2.70. The first-order chi connectivity index (χ1) is 9.34. The van der Waals surface area contributed by atoms with E-state index in [1.165, 1.54) is 12.1 Å². The van der Waals surface area contributed by atoms with Gasteiger partial charge < -0.3 is 0 Å². The average Bonchev–Trinajstić information content (AvgIpc) is 2.40. The van der Waals surface area contributed by atoms with Crippen molar-refractivity contribution < 1.29 is 22.4 Å². The lowest BCUT2D eigenvalue weighted by atomic mass is 9.98. The van der Waals surface area contributed by atoms with Crippen molar-refractivity contribution in [2.45, 2.75) is 6.18 Å². The number of carbonyl (C=O) groups is 1. The standard InChI is InChI=1S/C14H7ClF4O/c15-12-6-10(13(16)5-8(12)7-20)9-3-1-2-4-11(9)14(17,18)19/h1-7H. The van der Waals surface area contributed by atoms with Crippen LogP contribution in [-0.2, 0) is 6.18 Å². The molecule has 0 fully saturated rings. The van der Waals surface area contributed by atoms with Crippen molar-refractivity contribution in [3.05, 3.63) is 58.4 Å². The van der Waals surface area contributed by atoms with Crippen molar-refractivity contribution in [2.75, 3.05) is 0 Å². The third-order valence-corrected chi connectivity index (χ3v) is 3.06. The fourth-order valence-corrected chi connectivity index (χ4v) is 2.03. The minimum absolute atomic E-state index is 0.103. The maximum atomic E-state index is 13.9. The van der Waals surface area contributed by atoms with Crippen LogP contribution in [0.5, 0.6) is 0 Å². The molecule has 0 atom stereocenters. The Labute approximate surface area is 116 Å². The van der Waals surface area contributed by atoms with Gasteiger partial charge in [0.05, 0.1) is 10.6 Å². The van der Waals surface area contributed by atoms with Crippen LogP contribution in [-0.4, -0.2) is 6.29 Å². The minimum atomic E-state index is -4.61. The zero-order valence-corrected chi connectivity index (χ0v) is 10.6. The number of halogens is 5. The summed E-state index contributed by atoms with van der Waals surface area (Å²) in [6, 6.07) is 6.43. The summed E-state index contributed by atoms with van der Waals surface area (Å²) in [5.41, 5.74) is -1.70. The van der Waals surface area contributed by atoms with Crippen LogP contribution >= 0.6 is 11.6 Å². The molecule has 0 saturated carbocycles. The van der Waals surface area contributed by atoms with Gasteiger partial charge in [-0.05, 0) is 23.8 Å². The largest absolute Gasteiger partial charge is 0.417 e. The Hall–Kier alpha value is -1.88. The van der Waals surface area contributed by atoms with E-state index in [2.05, 4.69) is 0 Å². The predicted octanol–water partition coefficient (Wildman–Crippen LogP) is 4.98. The van der Waals surface area contributed by atoms with Crippen molar-refractivity contribution in [1.29, 1.82) is 0 Å². The van der Waals surface area contributed by atoms with Crippen LogP contribution in [0.15, 0.2) is 36.4 Å². The van der Waals surface area contributed by atoms with Gasteiger partial charge in [0.2, 0.25) is 0 Å². The van der Waals surface area contributed by atoms with Crippen LogP contribution in [0.25, 0.3) is 11.1 Å². The second kappa shape index (κ2) is 5.25. The van der Waals surface area contributed by atoms with Gasteiger partial charge in [-0.3, -0.25) is 4.79 Å². The zero-order valence-electron chi connectivity index (χ0n) is 9.84. The molecule has 0 aliphatic heterocycles. The number of hydrogen-bond acceptors (Lipinski definition) is 1. The van der Waals surface area contributed by atoms with E-state index in [0.717, 1.165) is 24.3 Å². The number of rotatable bonds is 2. The maximum absolute atomic E-state index is 13.9. The number of carbonyl (C=O) groups excluding carboxylic acids is 1. The second-order valence-electron chi connectivity index (χ2n) is 4.01. The highest BCUT2D eigenvalue weighted by Gasteiger charge is 2.34. The van der Waals surface area contributed by atoms with Crippen LogP contribution < -0.4 is 0 Å². The first kappa shape index (κ1) is 14.5. The molecule has 0 radical (unpaired) electrons. The van der Waals surface area contributed by atoms with E-state index < -0.39 is 17.6 Å². The molecule has 0 bridgehead atoms. The predicted molar refractivity (Wildman–Crippen MR) is 67.2 cm³/mol. The van der Waals surface area contributed by atoms with Gasteiger partial charge in [0.1, 0.15) is 5.82 Å². The number of aldehydes is 1. The molecule has 1 nitrogen and oxygen atoms in total. The molecule has 104 valence electrons. The lowest BCUT2D eigenvalue weighted by Gasteiger charge is -2.14. The SMILES string of the molecule is O=Cc1cc(F)c(-c2ccccc2C(F)(F)F)cc1Cl. The summed E-state index contributed by atoms with van der Waals surface area (Å²) >= 11 is 5.74. The van der Waals surface area contributed by atoms with Gasteiger partial charge in [-0.1, -0.05) is 29.8 Å². The summed E-state index contributed by atoms with van der Waals surface area (Å²) in [6.07, 6.45) is -4.27. The summed E-state index contributed by atoms with van der Waals surface area (Å²) < 4.78 is 52.6. The number of hydrogen-bond donors (Lipinski definition) is 0. The summed E-state index contributed by atoms with van der Waals surface area (Å²) in [6.45, 7) is 0. The fourth-order valence-electron chi connectivity index (χ4n) is 1.82. The van der Waals surface area contributed by atoms with E-state index in [4.69, 9.17) is 11.6 Å². The lowest BCUT2D eigenvalue weighted by Crippen LogP contribution is -2.07. The summed E-state index contributed by atoms with van der Waals surface area (Å²) in [7, 11) is 0. The third-order valence-electron chi connectivity index (χ3n) is 2.74. The second-order valence-corrected chi connectivity index (χ2v) is 4.42. The Kier molecular flexibility index (Phi) is 3.81. The molecule has 0 saturated heterocycles. The normalized spacial score (nSPS) is 11.4. The van der Waals surface area contributed by atoms with Gasteiger partial charge >= 0.3 is 6.18 Å². The summed E-state index contributed by atoms with van der Waals surface area (Å²) in [4.78, 5) is 10.6. The Morgan fingerprint density at radius 1 is 1.05 bits per heavy atom. The first-order valence-corrected chi connectivity index (χ1v) is 5.83. The molecule has 6 heteroatoms. The molecule has 20 heavy (non-hydrogen) atoms. The minimum Gasteiger partial charge on any atom is -0.298 e. The van der Waals surface area contributed by atoms with E-state index in [1.54, 1.807) is 0 Å². The third kappa shape index (κ3) is 2.67. The summed E-state index contributed by atoms with van der Waals surface area (Å²) in [5, 5.41) is -0.103. The van der Waals surface area contributed by atoms with Gasteiger partial charge in [0, 0.05) is 11.1 Å². The average molecular weight is 303 g/mol. The smallest absolute Gasteiger partial charge is 0.298 e. The van der Waals surface area contributed by atoms with Gasteiger partial charge in [-0.2, -0.15) is 13.2 Å². The summed E-state index contributed by atoms with van der Waals surface area (Å²) in [5.74, 6) is -0.937. The van der Waals surface area contributed by atoms with Crippen molar-refractivity contribution in [2.24, 2.45) is 0 Å². The number of alkyl halides is 3. The molecule has 0 aliphatic carbocycles. The molecule has 0 aliphatic rings. The molecule has 0 heterocycles. The number of benzene rings is 2. The maximum Gasteiger partial charge on any atom is 0.417 e. The molecular formula is C14H7ClF4O. The van der Waals surface area contributed by atoms with Gasteiger partial charge in [0.15, 0.2) is 6.29 Å². The Bertz CT molecular complexity index is 665. The molecule has 2 rings (SSSR count). The molecule has 2 aromatic rings. The molecule has 0 unspecified atom stereocenters. The van der Waals surface area contributed by atoms with Crippen molar-refractivity contribution in [1.82, 2.24) is 0 Å². The fraction of sp³-hybridized carbons (Fsp3) is 0.0714. The highest BCUT2D eigenvalue weighted by molar-refractivity contribution is 6.33. The Morgan fingerprint density at radius 2 is 1.70 bits per heavy atom. The van der Waals surface area contributed by atoms with Crippen LogP contribution in [0.1, 0.15) is 15.9 Å². The molecular weight excluding hydrogens is 296 g/mol. The van der Waals surface area contributed by atoms with Crippen LogP contribution in [0, 0.1) is 5.82 Å².